The topological polar surface area (TPSA) is 46.9 Å². The third-order valence-electron chi connectivity index (χ3n) is 5.37. The van der Waals surface area contributed by atoms with Gasteiger partial charge in [-0.2, -0.15) is 0 Å². The van der Waals surface area contributed by atoms with Crippen LogP contribution in [0.25, 0.3) is 22.6 Å². The van der Waals surface area contributed by atoms with Gasteiger partial charge in [-0.1, -0.05) is 42.5 Å². The van der Waals surface area contributed by atoms with Gasteiger partial charge >= 0.3 is 0 Å². The monoisotopic (exact) mass is 431 g/mol. The molecule has 1 N–H and O–H groups in total. The summed E-state index contributed by atoms with van der Waals surface area (Å²) in [4.78, 5) is 18.3. The largest absolute Gasteiger partial charge is 0.344 e. The minimum absolute atomic E-state index is 0.308. The molecule has 0 aliphatic heterocycles. The maximum Gasteiger partial charge on any atom is 0.270 e. The van der Waals surface area contributed by atoms with E-state index in [1.165, 1.54) is 24.3 Å². The van der Waals surface area contributed by atoms with Crippen LogP contribution in [0.2, 0.25) is 0 Å². The molecular formula is C26H23F2N3O. The number of halogens is 2. The van der Waals surface area contributed by atoms with E-state index in [0.29, 0.717) is 29.3 Å². The van der Waals surface area contributed by atoms with Gasteiger partial charge in [0.25, 0.3) is 5.91 Å². The molecule has 1 unspecified atom stereocenters. The summed E-state index contributed by atoms with van der Waals surface area (Å²) >= 11 is 0. The van der Waals surface area contributed by atoms with E-state index in [-0.39, 0.29) is 23.6 Å². The van der Waals surface area contributed by atoms with E-state index in [1.807, 2.05) is 48.7 Å². The second-order valence-electron chi connectivity index (χ2n) is 7.50. The summed E-state index contributed by atoms with van der Waals surface area (Å²) in [7, 11) is 0. The molecule has 0 aliphatic carbocycles. The molecule has 0 spiro atoms. The molecule has 162 valence electrons. The SMILES string of the molecule is CCn1c(-c2ccccc2)nc(-c2ccc(F)cc2)c1C(=O)NC(C)c1ccc(F)cc1. The number of hydrogen-bond acceptors (Lipinski definition) is 2. The maximum atomic E-state index is 13.5. The summed E-state index contributed by atoms with van der Waals surface area (Å²) in [6.45, 7) is 4.31. The lowest BCUT2D eigenvalue weighted by molar-refractivity contribution is 0.0931. The molecule has 0 saturated heterocycles. The van der Waals surface area contributed by atoms with Crippen molar-refractivity contribution in [3.05, 3.63) is 102 Å². The highest BCUT2D eigenvalue weighted by atomic mass is 19.1. The van der Waals surface area contributed by atoms with Gasteiger partial charge in [0.1, 0.15) is 28.8 Å². The van der Waals surface area contributed by atoms with Crippen molar-refractivity contribution in [2.24, 2.45) is 0 Å². The van der Waals surface area contributed by atoms with E-state index in [4.69, 9.17) is 4.98 Å². The van der Waals surface area contributed by atoms with Gasteiger partial charge in [-0.25, -0.2) is 13.8 Å². The van der Waals surface area contributed by atoms with Crippen molar-refractivity contribution in [3.63, 3.8) is 0 Å². The van der Waals surface area contributed by atoms with Crippen molar-refractivity contribution in [1.29, 1.82) is 0 Å². The molecule has 0 aliphatic rings. The summed E-state index contributed by atoms with van der Waals surface area (Å²) in [6, 6.07) is 21.2. The van der Waals surface area contributed by atoms with Crippen LogP contribution in [0.5, 0.6) is 0 Å². The van der Waals surface area contributed by atoms with Crippen molar-refractivity contribution in [1.82, 2.24) is 14.9 Å². The third kappa shape index (κ3) is 4.30. The second kappa shape index (κ2) is 9.14. The molecule has 0 bridgehead atoms. The third-order valence-corrected chi connectivity index (χ3v) is 5.37. The van der Waals surface area contributed by atoms with Crippen LogP contribution in [0.3, 0.4) is 0 Å². The first-order valence-corrected chi connectivity index (χ1v) is 10.5. The fraction of sp³-hybridized carbons (Fsp3) is 0.154. The van der Waals surface area contributed by atoms with Crippen molar-refractivity contribution in [2.45, 2.75) is 26.4 Å². The van der Waals surface area contributed by atoms with Crippen LogP contribution in [0.4, 0.5) is 8.78 Å². The fourth-order valence-corrected chi connectivity index (χ4v) is 3.71. The van der Waals surface area contributed by atoms with Crippen LogP contribution >= 0.6 is 0 Å². The normalized spacial score (nSPS) is 11.9. The van der Waals surface area contributed by atoms with E-state index in [1.54, 1.807) is 24.3 Å². The van der Waals surface area contributed by atoms with E-state index in [9.17, 15) is 13.6 Å². The number of carbonyl (C=O) groups excluding carboxylic acids is 1. The highest BCUT2D eigenvalue weighted by Gasteiger charge is 2.25. The van der Waals surface area contributed by atoms with Crippen molar-refractivity contribution >= 4 is 5.91 Å². The Morgan fingerprint density at radius 2 is 1.50 bits per heavy atom. The number of benzene rings is 3. The summed E-state index contributed by atoms with van der Waals surface area (Å²) in [5.41, 5.74) is 3.19. The molecule has 6 heteroatoms. The van der Waals surface area contributed by atoms with Gasteiger partial charge < -0.3 is 9.88 Å². The standard InChI is InChI=1S/C26H23F2N3O/c1-3-31-24(26(32)29-17(2)18-9-13-21(27)14-10-18)23(19-11-15-22(28)16-12-19)30-25(31)20-7-5-4-6-8-20/h4-17H,3H2,1-2H3,(H,29,32). The van der Waals surface area contributed by atoms with Crippen LogP contribution in [0.15, 0.2) is 78.9 Å². The Bertz CT molecular complexity index is 1220. The summed E-state index contributed by atoms with van der Waals surface area (Å²) in [5, 5.41) is 3.00. The molecule has 3 aromatic carbocycles. The molecule has 1 aromatic heterocycles. The zero-order chi connectivity index (χ0) is 22.7. The number of imidazole rings is 1. The van der Waals surface area contributed by atoms with Gasteiger partial charge in [0.2, 0.25) is 0 Å². The summed E-state index contributed by atoms with van der Waals surface area (Å²) in [6.07, 6.45) is 0. The first kappa shape index (κ1) is 21.4. The molecule has 0 saturated carbocycles. The van der Waals surface area contributed by atoms with Gasteiger partial charge in [0.05, 0.1) is 6.04 Å². The van der Waals surface area contributed by atoms with Crippen LogP contribution in [0.1, 0.15) is 35.9 Å². The zero-order valence-electron chi connectivity index (χ0n) is 17.8. The van der Waals surface area contributed by atoms with Crippen LogP contribution < -0.4 is 5.32 Å². The van der Waals surface area contributed by atoms with Gasteiger partial charge in [0.15, 0.2) is 0 Å². The minimum Gasteiger partial charge on any atom is -0.344 e. The first-order chi connectivity index (χ1) is 15.5. The van der Waals surface area contributed by atoms with E-state index in [0.717, 1.165) is 11.1 Å². The lowest BCUT2D eigenvalue weighted by Gasteiger charge is -2.16. The number of rotatable bonds is 6. The first-order valence-electron chi connectivity index (χ1n) is 10.5. The van der Waals surface area contributed by atoms with Crippen LogP contribution in [-0.4, -0.2) is 15.5 Å². The van der Waals surface area contributed by atoms with E-state index >= 15 is 0 Å². The molecule has 1 heterocycles. The van der Waals surface area contributed by atoms with Gasteiger partial charge in [0, 0.05) is 17.7 Å². The highest BCUT2D eigenvalue weighted by molar-refractivity contribution is 5.99. The molecule has 4 nitrogen and oxygen atoms in total. The van der Waals surface area contributed by atoms with Gasteiger partial charge in [-0.05, 0) is 55.8 Å². The smallest absolute Gasteiger partial charge is 0.270 e. The molecular weight excluding hydrogens is 408 g/mol. The minimum atomic E-state index is -0.358. The number of aromatic nitrogens is 2. The summed E-state index contributed by atoms with van der Waals surface area (Å²) < 4.78 is 28.7. The Labute approximate surface area is 185 Å². The quantitative estimate of drug-likeness (QED) is 0.407. The lowest BCUT2D eigenvalue weighted by Crippen LogP contribution is -2.29. The predicted molar refractivity (Wildman–Crippen MR) is 121 cm³/mol. The molecule has 0 radical (unpaired) electrons. The number of nitrogens with one attached hydrogen (secondary N) is 1. The highest BCUT2D eigenvalue weighted by Crippen LogP contribution is 2.30. The lowest BCUT2D eigenvalue weighted by atomic mass is 10.1. The average Bonchev–Trinajstić information content (AvgIpc) is 3.20. The number of hydrogen-bond donors (Lipinski definition) is 1. The molecule has 0 fully saturated rings. The maximum absolute atomic E-state index is 13.5. The Morgan fingerprint density at radius 3 is 2.09 bits per heavy atom. The number of nitrogens with zero attached hydrogens (tertiary/aromatic N) is 2. The molecule has 1 atom stereocenters. The van der Waals surface area contributed by atoms with Crippen LogP contribution in [-0.2, 0) is 6.54 Å². The van der Waals surface area contributed by atoms with Crippen molar-refractivity contribution < 1.29 is 13.6 Å². The van der Waals surface area contributed by atoms with Crippen molar-refractivity contribution in [2.75, 3.05) is 0 Å². The van der Waals surface area contributed by atoms with Gasteiger partial charge in [-0.3, -0.25) is 4.79 Å². The molecule has 32 heavy (non-hydrogen) atoms. The predicted octanol–water partition coefficient (Wildman–Crippen LogP) is 6.01. The average molecular weight is 431 g/mol. The number of carbonyl (C=O) groups is 1. The Morgan fingerprint density at radius 1 is 0.906 bits per heavy atom. The number of amides is 1. The molecule has 1 amide bonds. The Hall–Kier alpha value is -3.80. The van der Waals surface area contributed by atoms with E-state index < -0.39 is 0 Å². The van der Waals surface area contributed by atoms with Crippen LogP contribution in [0, 0.1) is 11.6 Å². The Balaban J connectivity index is 1.79. The van der Waals surface area contributed by atoms with E-state index in [2.05, 4.69) is 5.32 Å². The molecule has 4 aromatic rings. The van der Waals surface area contributed by atoms with Gasteiger partial charge in [-0.15, -0.1) is 0 Å². The molecule has 4 rings (SSSR count). The summed E-state index contributed by atoms with van der Waals surface area (Å²) in [5.74, 6) is -0.338. The zero-order valence-corrected chi connectivity index (χ0v) is 17.8. The second-order valence-corrected chi connectivity index (χ2v) is 7.50. The van der Waals surface area contributed by atoms with Crippen molar-refractivity contribution in [3.8, 4) is 22.6 Å². The fourth-order valence-electron chi connectivity index (χ4n) is 3.71. The Kier molecular flexibility index (Phi) is 6.12.